The minimum Gasteiger partial charge on any atom is -0.378 e. The van der Waals surface area contributed by atoms with E-state index in [4.69, 9.17) is 54.3 Å². The van der Waals surface area contributed by atoms with E-state index in [0.29, 0.717) is 57.8 Å². The number of benzene rings is 7. The van der Waals surface area contributed by atoms with Gasteiger partial charge in [-0.2, -0.15) is 23.5 Å². The highest BCUT2D eigenvalue weighted by molar-refractivity contribution is 8.15. The molecule has 125 heavy (non-hydrogen) atoms. The summed E-state index contributed by atoms with van der Waals surface area (Å²) in [7, 11) is -11.7. The Morgan fingerprint density at radius 3 is 0.856 bits per heavy atom. The molecule has 6 N–H and O–H groups in total. The quantitative estimate of drug-likeness (QED) is 0.00892. The van der Waals surface area contributed by atoms with Gasteiger partial charge in [0.25, 0.3) is 0 Å². The zero-order chi connectivity index (χ0) is 90.7. The van der Waals surface area contributed by atoms with Crippen molar-refractivity contribution in [2.24, 2.45) is 0 Å². The van der Waals surface area contributed by atoms with Gasteiger partial charge >= 0.3 is 46.9 Å². The molecule has 28 nitrogen and oxygen atoms in total. The monoisotopic (exact) mass is 1880 g/mol. The first-order valence-electron chi connectivity index (χ1n) is 41.3. The summed E-state index contributed by atoms with van der Waals surface area (Å²) in [5.74, 6) is 28.9. The van der Waals surface area contributed by atoms with Crippen molar-refractivity contribution in [3.63, 3.8) is 0 Å². The molecule has 7 aromatic carbocycles. The van der Waals surface area contributed by atoms with Crippen molar-refractivity contribution in [2.45, 2.75) is 117 Å². The van der Waals surface area contributed by atoms with E-state index in [2.05, 4.69) is 85.5 Å². The van der Waals surface area contributed by atoms with Crippen molar-refractivity contribution in [2.75, 3.05) is 172 Å². The average Bonchev–Trinajstić information content (AvgIpc) is 0.785. The minimum atomic E-state index is -4.73. The van der Waals surface area contributed by atoms with Crippen molar-refractivity contribution < 1.29 is 111 Å². The van der Waals surface area contributed by atoms with E-state index in [0.717, 1.165) is 162 Å². The zero-order valence-corrected chi connectivity index (χ0v) is 79.9. The summed E-state index contributed by atoms with van der Waals surface area (Å²) < 4.78 is 134. The summed E-state index contributed by atoms with van der Waals surface area (Å²) in [6.45, 7) is -0.996. The number of thioether (sulfide) groups is 2. The Balaban J connectivity index is 0.644. The average molecular weight is 1880 g/mol. The number of unbranched alkanes of at least 4 members (excludes halogenated alkanes) is 10. The van der Waals surface area contributed by atoms with Crippen LogP contribution >= 0.6 is 70.5 Å². The van der Waals surface area contributed by atoms with E-state index < -0.39 is 99.8 Å². The molecule has 0 saturated heterocycles. The molecule has 0 aromatic heterocycles. The molecule has 0 amide bonds. The smallest absolute Gasteiger partial charge is 0.378 e. The molecule has 0 radical (unpaired) electrons. The van der Waals surface area contributed by atoms with Gasteiger partial charge in [0.2, 0.25) is 0 Å². The Morgan fingerprint density at radius 2 is 0.536 bits per heavy atom. The first kappa shape index (κ1) is 106. The predicted molar refractivity (Wildman–Crippen MR) is 499 cm³/mol. The SMILES string of the molecule is Cc1c(C#Cc2ccc(N(C)C)cc2)cc(CCCCCOP(=O)(O)OCCOP(=O)(O)OCCOP(=O)(O)OCCCCCCSCSCCCCCCOP(=O)(O)OCCOP(=O)(O)OCCOP(=O)(O)OCCCCCc2cc(C#Cc3ccc(N(C)C)cc3)c3ccccc3c2C#Cc2ccc(N(C)C)cc2)c(C#Cc2ccc(N(C)C)cc2)c1C. The van der Waals surface area contributed by atoms with Gasteiger partial charge in [-0.15, -0.1) is 0 Å². The molecule has 6 unspecified atom stereocenters. The predicted octanol–water partition coefficient (Wildman–Crippen LogP) is 18.8. The van der Waals surface area contributed by atoms with Crippen LogP contribution in [0, 0.1) is 61.2 Å². The molecule has 0 aliphatic rings. The van der Waals surface area contributed by atoms with Gasteiger partial charge in [-0.3, -0.25) is 54.3 Å². The summed E-state index contributed by atoms with van der Waals surface area (Å²) in [4.78, 5) is 69.0. The van der Waals surface area contributed by atoms with Crippen molar-refractivity contribution >= 4 is 104 Å². The fourth-order valence-corrected chi connectivity index (χ4v) is 18.7. The van der Waals surface area contributed by atoms with E-state index >= 15 is 0 Å². The Morgan fingerprint density at radius 1 is 0.280 bits per heavy atom. The van der Waals surface area contributed by atoms with Gasteiger partial charge in [-0.1, -0.05) is 110 Å². The van der Waals surface area contributed by atoms with Crippen molar-refractivity contribution in [1.29, 1.82) is 0 Å². The molecular weight excluding hydrogens is 1760 g/mol. The number of phosphoric ester groups is 6. The number of anilines is 4. The van der Waals surface area contributed by atoms with Gasteiger partial charge in [0.05, 0.1) is 79.3 Å². The third kappa shape index (κ3) is 41.5. The van der Waals surface area contributed by atoms with E-state index in [1.54, 1.807) is 23.5 Å². The number of phosphoric acid groups is 6. The van der Waals surface area contributed by atoms with Crippen LogP contribution in [0.15, 0.2) is 133 Å². The molecule has 7 aromatic rings. The second-order valence-corrected chi connectivity index (χ2v) is 41.0. The number of hydrogen-bond donors (Lipinski definition) is 6. The molecule has 7 rings (SSSR count). The molecule has 0 aliphatic heterocycles. The van der Waals surface area contributed by atoms with E-state index in [1.807, 2.05) is 185 Å². The van der Waals surface area contributed by atoms with Crippen molar-refractivity contribution in [3.05, 3.63) is 200 Å². The Hall–Kier alpha value is -6.40. The number of nitrogens with zero attached hydrogens (tertiary/aromatic N) is 4. The third-order valence-corrected chi connectivity index (χ3v) is 27.7. The highest BCUT2D eigenvalue weighted by Gasteiger charge is 2.29. The van der Waals surface area contributed by atoms with Crippen LogP contribution in [-0.4, -0.2) is 182 Å². The maximum atomic E-state index is 12.7. The van der Waals surface area contributed by atoms with Crippen LogP contribution < -0.4 is 19.6 Å². The number of fused-ring (bicyclic) bond motifs is 1. The third-order valence-electron chi connectivity index (χ3n) is 19.1. The molecule has 0 fully saturated rings. The lowest BCUT2D eigenvalue weighted by atomic mass is 9.90. The molecule has 0 spiro atoms. The molecule has 0 bridgehead atoms. The van der Waals surface area contributed by atoms with E-state index in [9.17, 15) is 56.8 Å². The first-order valence-corrected chi connectivity index (χ1v) is 52.6. The molecule has 0 aliphatic carbocycles. The molecule has 6 atom stereocenters. The van der Waals surface area contributed by atoms with Gasteiger partial charge in [0, 0.05) is 129 Å². The maximum absolute atomic E-state index is 12.7. The zero-order valence-electron chi connectivity index (χ0n) is 72.9. The Bertz CT molecular complexity index is 5100. The van der Waals surface area contributed by atoms with Crippen LogP contribution in [0.3, 0.4) is 0 Å². The summed E-state index contributed by atoms with van der Waals surface area (Å²) in [6, 6.07) is 44.5. The minimum absolute atomic E-state index is 0.0511. The lowest BCUT2D eigenvalue weighted by molar-refractivity contribution is 0.0863. The van der Waals surface area contributed by atoms with Crippen LogP contribution in [0.1, 0.15) is 157 Å². The summed E-state index contributed by atoms with van der Waals surface area (Å²) in [5.41, 5.74) is 15.6. The van der Waals surface area contributed by atoms with E-state index in [1.165, 1.54) is 0 Å². The molecule has 36 heteroatoms. The largest absolute Gasteiger partial charge is 0.472 e. The van der Waals surface area contributed by atoms with Gasteiger partial charge in [0.1, 0.15) is 0 Å². The van der Waals surface area contributed by atoms with Crippen molar-refractivity contribution in [3.8, 4) is 47.4 Å². The summed E-state index contributed by atoms with van der Waals surface area (Å²) >= 11 is 3.60. The lowest BCUT2D eigenvalue weighted by Crippen LogP contribution is -2.08. The van der Waals surface area contributed by atoms with Crippen LogP contribution in [0.25, 0.3) is 10.8 Å². The van der Waals surface area contributed by atoms with E-state index in [-0.39, 0.29) is 26.4 Å². The van der Waals surface area contributed by atoms with Crippen LogP contribution in [-0.2, 0) is 94.5 Å². The molecular formula is C89H120N4O24P6S2. The van der Waals surface area contributed by atoms with Gasteiger partial charge in [-0.05, 0) is 232 Å². The molecule has 0 saturated carbocycles. The highest BCUT2D eigenvalue weighted by atomic mass is 32.2. The fourth-order valence-electron chi connectivity index (χ4n) is 12.1. The standard InChI is InChI=1S/C89H120N4O24P6S2/c1-72-73(2)86(53-41-76-37-49-84(50-38-76)92(7)8)79(69-78(72)43-31-74-33-45-82(46-34-74)90(3)4)27-17-15-23-57-108-120(98,99)112-61-65-116-122(102,103)114-63-59-110-118(94,95)106-55-21-11-13-25-67-124-71-125-68-26-14-12-22-56-107-119(96,97)111-60-64-115-123(104,105)117-66-62-113-121(100,101)109-58-24-16-18-28-80-70-81(44-32-75-35-47-83(48-36-75)91(5)6)87-29-19-20-30-89(87)88(80)54-42-77-39-51-85(52-40-77)93(9)10/h19-20,29-30,33-40,45-52,69-70H,11-18,21-28,55-68,71H2,1-10H3,(H,94,95)(H,96,97)(H,98,99)(H,100,101)(H,102,103)(H,104,105). The second kappa shape index (κ2) is 54.9. The van der Waals surface area contributed by atoms with Crippen molar-refractivity contribution in [1.82, 2.24) is 0 Å². The molecule has 682 valence electrons. The highest BCUT2D eigenvalue weighted by Crippen LogP contribution is 2.49. The Kier molecular flexibility index (Phi) is 46.4. The van der Waals surface area contributed by atoms with Gasteiger partial charge in [-0.25, -0.2) is 27.4 Å². The normalized spacial score (nSPS) is 14.2. The summed E-state index contributed by atoms with van der Waals surface area (Å²) in [5, 5.41) is 2.87. The summed E-state index contributed by atoms with van der Waals surface area (Å²) in [6.07, 6.45) is 11.0. The topological polar surface area (TPSA) is 348 Å². The first-order chi connectivity index (χ1) is 59.6. The fraction of sp³-hybridized carbons (Fsp3) is 0.461. The maximum Gasteiger partial charge on any atom is 0.472 e. The number of hydrogen-bond acceptors (Lipinski definition) is 24. The Labute approximate surface area is 746 Å². The lowest BCUT2D eigenvalue weighted by Gasteiger charge is -2.15. The molecule has 0 heterocycles. The second-order valence-electron chi connectivity index (χ2n) is 29.7. The van der Waals surface area contributed by atoms with Crippen LogP contribution in [0.4, 0.5) is 22.7 Å². The van der Waals surface area contributed by atoms with Crippen LogP contribution in [0.2, 0.25) is 0 Å². The number of aryl methyl sites for hydroxylation is 2. The number of rotatable bonds is 56. The van der Waals surface area contributed by atoms with Gasteiger partial charge < -0.3 is 49.0 Å². The van der Waals surface area contributed by atoms with Gasteiger partial charge in [0.15, 0.2) is 0 Å². The van der Waals surface area contributed by atoms with Crippen LogP contribution in [0.5, 0.6) is 0 Å².